The Kier molecular flexibility index (Phi) is 3.52. The third-order valence-corrected chi connectivity index (χ3v) is 3.20. The number of halogens is 3. The predicted octanol–water partition coefficient (Wildman–Crippen LogP) is 2.12. The second-order valence-corrected chi connectivity index (χ2v) is 4.69. The van der Waals surface area contributed by atoms with Crippen LogP contribution in [-0.2, 0) is 4.79 Å². The van der Waals surface area contributed by atoms with Crippen LogP contribution in [0.5, 0.6) is 0 Å². The molecule has 0 bridgehead atoms. The van der Waals surface area contributed by atoms with Crippen LogP contribution in [-0.4, -0.2) is 40.8 Å². The van der Waals surface area contributed by atoms with Crippen molar-refractivity contribution in [1.82, 2.24) is 4.90 Å². The quantitative estimate of drug-likeness (QED) is 0.802. The van der Waals surface area contributed by atoms with E-state index in [1.165, 1.54) is 18.7 Å². The van der Waals surface area contributed by atoms with Crippen LogP contribution in [0.4, 0.5) is 13.2 Å². The van der Waals surface area contributed by atoms with Gasteiger partial charge in [0.15, 0.2) is 0 Å². The average Bonchev–Trinajstić information content (AvgIpc) is 2.16. The Morgan fingerprint density at radius 1 is 1.38 bits per heavy atom. The van der Waals surface area contributed by atoms with Gasteiger partial charge in [-0.2, -0.15) is 13.2 Å². The fourth-order valence-corrected chi connectivity index (χ4v) is 1.89. The first-order valence-corrected chi connectivity index (χ1v) is 5.21. The number of carbonyl (C=O) groups is 1. The van der Waals surface area contributed by atoms with Gasteiger partial charge in [0.05, 0.1) is 5.92 Å². The molecule has 0 amide bonds. The van der Waals surface area contributed by atoms with Crippen molar-refractivity contribution in [2.24, 2.45) is 5.92 Å². The molecule has 1 heterocycles. The summed E-state index contributed by atoms with van der Waals surface area (Å²) in [6, 6.07) is 0. The average molecular weight is 239 g/mol. The van der Waals surface area contributed by atoms with Gasteiger partial charge in [-0.25, -0.2) is 0 Å². The first-order valence-electron chi connectivity index (χ1n) is 5.21. The van der Waals surface area contributed by atoms with Gasteiger partial charge in [0.2, 0.25) is 0 Å². The van der Waals surface area contributed by atoms with Crippen molar-refractivity contribution >= 4 is 5.97 Å². The molecule has 1 atom stereocenters. The van der Waals surface area contributed by atoms with Gasteiger partial charge in [0.25, 0.3) is 0 Å². The van der Waals surface area contributed by atoms with Gasteiger partial charge < -0.3 is 5.11 Å². The van der Waals surface area contributed by atoms with Gasteiger partial charge in [-0.3, -0.25) is 9.69 Å². The molecule has 6 heteroatoms. The van der Waals surface area contributed by atoms with E-state index in [1.54, 1.807) is 0 Å². The fourth-order valence-electron chi connectivity index (χ4n) is 1.89. The van der Waals surface area contributed by atoms with Crippen molar-refractivity contribution in [2.75, 3.05) is 13.1 Å². The molecule has 0 aromatic rings. The summed E-state index contributed by atoms with van der Waals surface area (Å²) < 4.78 is 37.6. The highest BCUT2D eigenvalue weighted by atomic mass is 19.4. The summed E-state index contributed by atoms with van der Waals surface area (Å²) in [5, 5.41) is 8.96. The number of hydrogen-bond donors (Lipinski definition) is 1. The summed E-state index contributed by atoms with van der Waals surface area (Å²) in [7, 11) is 0. The number of hydrogen-bond acceptors (Lipinski definition) is 2. The van der Waals surface area contributed by atoms with Gasteiger partial charge in [0, 0.05) is 6.54 Å². The normalized spacial score (nSPS) is 24.4. The summed E-state index contributed by atoms with van der Waals surface area (Å²) in [5.74, 6) is -2.49. The van der Waals surface area contributed by atoms with Crippen LogP contribution < -0.4 is 0 Å². The smallest absolute Gasteiger partial charge is 0.393 e. The summed E-state index contributed by atoms with van der Waals surface area (Å²) >= 11 is 0. The lowest BCUT2D eigenvalue weighted by Gasteiger charge is -2.41. The van der Waals surface area contributed by atoms with Crippen molar-refractivity contribution in [3.05, 3.63) is 0 Å². The zero-order valence-corrected chi connectivity index (χ0v) is 9.34. The number of piperidine rings is 1. The van der Waals surface area contributed by atoms with Crippen LogP contribution in [0.3, 0.4) is 0 Å². The number of likely N-dealkylation sites (tertiary alicyclic amines) is 1. The van der Waals surface area contributed by atoms with Crippen molar-refractivity contribution in [3.63, 3.8) is 0 Å². The summed E-state index contributed by atoms with van der Waals surface area (Å²) in [4.78, 5) is 12.4. The Labute approximate surface area is 92.2 Å². The minimum absolute atomic E-state index is 0.0930. The van der Waals surface area contributed by atoms with Gasteiger partial charge >= 0.3 is 12.1 Å². The van der Waals surface area contributed by atoms with Crippen LogP contribution in [0.15, 0.2) is 0 Å². The molecule has 0 aromatic heterocycles. The van der Waals surface area contributed by atoms with Gasteiger partial charge in [-0.05, 0) is 33.2 Å². The highest BCUT2D eigenvalue weighted by Crippen LogP contribution is 2.35. The van der Waals surface area contributed by atoms with E-state index in [1.807, 2.05) is 0 Å². The van der Waals surface area contributed by atoms with E-state index in [4.69, 9.17) is 5.11 Å². The van der Waals surface area contributed by atoms with E-state index in [2.05, 4.69) is 0 Å². The second kappa shape index (κ2) is 4.24. The molecule has 0 radical (unpaired) electrons. The number of aliphatic carboxylic acids is 1. The van der Waals surface area contributed by atoms with E-state index in [9.17, 15) is 18.0 Å². The number of carboxylic acid groups (broad SMARTS) is 1. The lowest BCUT2D eigenvalue weighted by Crippen LogP contribution is -2.55. The first-order chi connectivity index (χ1) is 7.15. The summed E-state index contributed by atoms with van der Waals surface area (Å²) in [6.07, 6.45) is -3.75. The van der Waals surface area contributed by atoms with Crippen LogP contribution in [0, 0.1) is 5.92 Å². The molecule has 16 heavy (non-hydrogen) atoms. The zero-order valence-electron chi connectivity index (χ0n) is 9.34. The van der Waals surface area contributed by atoms with Crippen LogP contribution >= 0.6 is 0 Å². The molecule has 3 nitrogen and oxygen atoms in total. The standard InChI is InChI=1S/C10H16F3NO2/c1-9(2,8(15)16)14-5-3-4-7(6-14)10(11,12)13/h7H,3-6H2,1-2H3,(H,15,16). The Balaban J connectivity index is 2.75. The minimum Gasteiger partial charge on any atom is -0.480 e. The number of alkyl halides is 3. The maximum Gasteiger partial charge on any atom is 0.393 e. The SMILES string of the molecule is CC(C)(C(=O)O)N1CCCC(C(F)(F)F)C1. The monoisotopic (exact) mass is 239 g/mol. The molecule has 1 saturated heterocycles. The fraction of sp³-hybridized carbons (Fsp3) is 0.900. The Morgan fingerprint density at radius 2 is 1.94 bits per heavy atom. The van der Waals surface area contributed by atoms with Crippen molar-refractivity contribution < 1.29 is 23.1 Å². The zero-order chi connectivity index (χ0) is 12.6. The van der Waals surface area contributed by atoms with E-state index < -0.39 is 23.6 Å². The molecular formula is C10H16F3NO2. The molecule has 1 aliphatic heterocycles. The Bertz CT molecular complexity index is 276. The van der Waals surface area contributed by atoms with E-state index in [0.717, 1.165) is 0 Å². The van der Waals surface area contributed by atoms with E-state index in [0.29, 0.717) is 13.0 Å². The minimum atomic E-state index is -4.23. The van der Waals surface area contributed by atoms with Crippen molar-refractivity contribution in [2.45, 2.75) is 38.4 Å². The third-order valence-electron chi connectivity index (χ3n) is 3.20. The molecule has 1 aliphatic rings. The van der Waals surface area contributed by atoms with Gasteiger partial charge in [0.1, 0.15) is 5.54 Å². The van der Waals surface area contributed by atoms with Gasteiger partial charge in [-0.15, -0.1) is 0 Å². The molecular weight excluding hydrogens is 223 g/mol. The molecule has 0 aromatic carbocycles. The number of rotatable bonds is 2. The summed E-state index contributed by atoms with van der Waals surface area (Å²) in [6.45, 7) is 3.07. The van der Waals surface area contributed by atoms with Crippen molar-refractivity contribution in [1.29, 1.82) is 0 Å². The largest absolute Gasteiger partial charge is 0.480 e. The third kappa shape index (κ3) is 2.66. The lowest BCUT2D eigenvalue weighted by molar-refractivity contribution is -0.194. The molecule has 0 saturated carbocycles. The second-order valence-electron chi connectivity index (χ2n) is 4.69. The highest BCUT2D eigenvalue weighted by molar-refractivity contribution is 5.77. The molecule has 0 spiro atoms. The lowest BCUT2D eigenvalue weighted by atomic mass is 9.92. The van der Waals surface area contributed by atoms with Crippen LogP contribution in [0.1, 0.15) is 26.7 Å². The Morgan fingerprint density at radius 3 is 2.38 bits per heavy atom. The van der Waals surface area contributed by atoms with Crippen LogP contribution in [0.25, 0.3) is 0 Å². The molecule has 1 unspecified atom stereocenters. The summed E-state index contributed by atoms with van der Waals surface area (Å²) in [5.41, 5.74) is -1.23. The predicted molar refractivity (Wildman–Crippen MR) is 52.1 cm³/mol. The van der Waals surface area contributed by atoms with Crippen LogP contribution in [0.2, 0.25) is 0 Å². The van der Waals surface area contributed by atoms with E-state index in [-0.39, 0.29) is 13.0 Å². The molecule has 1 N–H and O–H groups in total. The first kappa shape index (κ1) is 13.3. The van der Waals surface area contributed by atoms with Gasteiger partial charge in [-0.1, -0.05) is 0 Å². The molecule has 94 valence electrons. The number of carboxylic acids is 1. The topological polar surface area (TPSA) is 40.5 Å². The van der Waals surface area contributed by atoms with Crippen molar-refractivity contribution in [3.8, 4) is 0 Å². The molecule has 1 rings (SSSR count). The Hall–Kier alpha value is -0.780. The molecule has 1 fully saturated rings. The maximum absolute atomic E-state index is 12.5. The highest BCUT2D eigenvalue weighted by Gasteiger charge is 2.46. The molecule has 0 aliphatic carbocycles. The number of nitrogens with zero attached hydrogens (tertiary/aromatic N) is 1. The van der Waals surface area contributed by atoms with E-state index >= 15 is 0 Å². The maximum atomic E-state index is 12.5.